The van der Waals surface area contributed by atoms with Crippen molar-refractivity contribution in [1.29, 1.82) is 0 Å². The van der Waals surface area contributed by atoms with E-state index < -0.39 is 5.97 Å². The molecule has 4 bridgehead atoms. The first-order chi connectivity index (χ1) is 13.3. The predicted octanol–water partition coefficient (Wildman–Crippen LogP) is 4.65. The molecule has 0 aliphatic heterocycles. The number of hydrogen-bond acceptors (Lipinski definition) is 4. The fourth-order valence-corrected chi connectivity index (χ4v) is 6.13. The van der Waals surface area contributed by atoms with Crippen molar-refractivity contribution in [3.63, 3.8) is 0 Å². The second-order valence-electron chi connectivity index (χ2n) is 8.39. The van der Waals surface area contributed by atoms with Gasteiger partial charge in [-0.05, 0) is 62.3 Å². The number of benzene rings is 1. The minimum absolute atomic E-state index is 0.0949. The van der Waals surface area contributed by atoms with E-state index in [2.05, 4.69) is 5.32 Å². The standard InChI is InChI=1S/C20H22Cl3NO4/c21-14-4-16(23)17(5-15(14)22)27-10-19(26)28-9-18(25)24-20-6-11-1-12(7-20)3-13(2-11)8-20/h4-5,11-13H,1-3,6-10H2,(H,24,25). The minimum Gasteiger partial charge on any atom is -0.480 e. The first-order valence-corrected chi connectivity index (χ1v) is 10.7. The molecule has 4 saturated carbocycles. The Kier molecular flexibility index (Phi) is 5.69. The van der Waals surface area contributed by atoms with Gasteiger partial charge in [0.15, 0.2) is 13.2 Å². The van der Waals surface area contributed by atoms with Crippen LogP contribution in [0.25, 0.3) is 0 Å². The van der Waals surface area contributed by atoms with Crippen molar-refractivity contribution in [2.45, 2.75) is 44.1 Å². The Labute approximate surface area is 179 Å². The van der Waals surface area contributed by atoms with Crippen LogP contribution >= 0.6 is 34.8 Å². The highest BCUT2D eigenvalue weighted by Crippen LogP contribution is 2.55. The van der Waals surface area contributed by atoms with E-state index in [4.69, 9.17) is 44.3 Å². The van der Waals surface area contributed by atoms with Crippen LogP contribution in [0.3, 0.4) is 0 Å². The second-order valence-corrected chi connectivity index (χ2v) is 9.61. The summed E-state index contributed by atoms with van der Waals surface area (Å²) in [5.41, 5.74) is -0.0949. The van der Waals surface area contributed by atoms with Crippen LogP contribution in [0, 0.1) is 17.8 Å². The highest BCUT2D eigenvalue weighted by molar-refractivity contribution is 6.43. The summed E-state index contributed by atoms with van der Waals surface area (Å²) in [5, 5.41) is 3.97. The van der Waals surface area contributed by atoms with E-state index in [1.165, 1.54) is 31.4 Å². The quantitative estimate of drug-likeness (QED) is 0.510. The van der Waals surface area contributed by atoms with Crippen molar-refractivity contribution in [1.82, 2.24) is 5.32 Å². The van der Waals surface area contributed by atoms with Gasteiger partial charge in [-0.3, -0.25) is 4.79 Å². The summed E-state index contributed by atoms with van der Waals surface area (Å²) in [5.74, 6) is 1.53. The van der Waals surface area contributed by atoms with Crippen molar-refractivity contribution in [3.8, 4) is 5.75 Å². The predicted molar refractivity (Wildman–Crippen MR) is 107 cm³/mol. The van der Waals surface area contributed by atoms with Gasteiger partial charge in [0, 0.05) is 11.6 Å². The molecule has 1 aromatic carbocycles. The van der Waals surface area contributed by atoms with Gasteiger partial charge in [0.2, 0.25) is 0 Å². The summed E-state index contributed by atoms with van der Waals surface area (Å²) < 4.78 is 10.4. The van der Waals surface area contributed by atoms with Crippen LogP contribution in [0.5, 0.6) is 5.75 Å². The van der Waals surface area contributed by atoms with Gasteiger partial charge in [-0.25, -0.2) is 4.79 Å². The Hall–Kier alpha value is -1.17. The van der Waals surface area contributed by atoms with Crippen LogP contribution in [0.1, 0.15) is 38.5 Å². The molecule has 8 heteroatoms. The van der Waals surface area contributed by atoms with Crippen LogP contribution in [0.4, 0.5) is 0 Å². The van der Waals surface area contributed by atoms with Crippen molar-refractivity contribution >= 4 is 46.7 Å². The molecule has 4 fully saturated rings. The molecular weight excluding hydrogens is 425 g/mol. The minimum atomic E-state index is -0.650. The number of halogens is 3. The lowest BCUT2D eigenvalue weighted by molar-refractivity contribution is -0.151. The molecule has 0 unspecified atom stereocenters. The molecule has 1 amide bonds. The average molecular weight is 447 g/mol. The molecule has 4 aliphatic carbocycles. The Morgan fingerprint density at radius 2 is 1.50 bits per heavy atom. The van der Waals surface area contributed by atoms with Gasteiger partial charge in [0.05, 0.1) is 15.1 Å². The lowest BCUT2D eigenvalue weighted by atomic mass is 9.53. The first-order valence-electron chi connectivity index (χ1n) is 9.56. The molecule has 28 heavy (non-hydrogen) atoms. The van der Waals surface area contributed by atoms with E-state index in [9.17, 15) is 9.59 Å². The zero-order chi connectivity index (χ0) is 19.9. The molecule has 0 aromatic heterocycles. The van der Waals surface area contributed by atoms with Crippen molar-refractivity contribution in [3.05, 3.63) is 27.2 Å². The van der Waals surface area contributed by atoms with Crippen LogP contribution in [-0.2, 0) is 14.3 Å². The van der Waals surface area contributed by atoms with Crippen molar-refractivity contribution < 1.29 is 19.1 Å². The van der Waals surface area contributed by atoms with Gasteiger partial charge in [0.25, 0.3) is 5.91 Å². The summed E-state index contributed by atoms with van der Waals surface area (Å²) in [6.07, 6.45) is 7.07. The van der Waals surface area contributed by atoms with Gasteiger partial charge in [-0.1, -0.05) is 34.8 Å². The van der Waals surface area contributed by atoms with E-state index in [0.717, 1.165) is 37.0 Å². The van der Waals surface area contributed by atoms with Gasteiger partial charge < -0.3 is 14.8 Å². The normalized spacial score (nSPS) is 30.2. The zero-order valence-electron chi connectivity index (χ0n) is 15.3. The summed E-state index contributed by atoms with van der Waals surface area (Å²) in [6, 6.07) is 2.87. The van der Waals surface area contributed by atoms with Crippen molar-refractivity contribution in [2.75, 3.05) is 13.2 Å². The second kappa shape index (κ2) is 7.92. The highest BCUT2D eigenvalue weighted by Gasteiger charge is 2.51. The Morgan fingerprint density at radius 3 is 2.11 bits per heavy atom. The highest BCUT2D eigenvalue weighted by atomic mass is 35.5. The van der Waals surface area contributed by atoms with Gasteiger partial charge in [-0.2, -0.15) is 0 Å². The average Bonchev–Trinajstić information content (AvgIpc) is 2.60. The molecule has 5 rings (SSSR count). The fourth-order valence-electron chi connectivity index (χ4n) is 5.53. The number of hydrogen-bond donors (Lipinski definition) is 1. The lowest BCUT2D eigenvalue weighted by Gasteiger charge is -2.56. The summed E-state index contributed by atoms with van der Waals surface area (Å²) >= 11 is 17.8. The maximum Gasteiger partial charge on any atom is 0.344 e. The number of carbonyl (C=O) groups excluding carboxylic acids is 2. The third-order valence-corrected chi connectivity index (χ3v) is 7.14. The molecule has 0 heterocycles. The Morgan fingerprint density at radius 1 is 0.929 bits per heavy atom. The van der Waals surface area contributed by atoms with E-state index in [1.807, 2.05) is 0 Å². The number of amides is 1. The number of nitrogens with one attached hydrogen (secondary N) is 1. The molecule has 0 radical (unpaired) electrons. The van der Waals surface area contributed by atoms with Gasteiger partial charge in [0.1, 0.15) is 5.75 Å². The van der Waals surface area contributed by atoms with E-state index in [-0.39, 0.29) is 40.5 Å². The number of ether oxygens (including phenoxy) is 2. The van der Waals surface area contributed by atoms with Crippen LogP contribution in [0.15, 0.2) is 12.1 Å². The fraction of sp³-hybridized carbons (Fsp3) is 0.600. The molecule has 0 saturated heterocycles. The summed E-state index contributed by atoms with van der Waals surface area (Å²) in [4.78, 5) is 24.3. The third-order valence-electron chi connectivity index (χ3n) is 6.13. The third kappa shape index (κ3) is 4.37. The molecule has 1 N–H and O–H groups in total. The Bertz CT molecular complexity index is 763. The number of rotatable bonds is 6. The van der Waals surface area contributed by atoms with Crippen LogP contribution in [0.2, 0.25) is 15.1 Å². The Balaban J connectivity index is 1.24. The van der Waals surface area contributed by atoms with Crippen LogP contribution < -0.4 is 10.1 Å². The molecule has 0 atom stereocenters. The molecule has 5 nitrogen and oxygen atoms in total. The maximum absolute atomic E-state index is 12.4. The molecule has 152 valence electrons. The summed E-state index contributed by atoms with van der Waals surface area (Å²) in [6.45, 7) is -0.679. The topological polar surface area (TPSA) is 64.6 Å². The molecular formula is C20H22Cl3NO4. The first kappa shape index (κ1) is 20.1. The number of esters is 1. The van der Waals surface area contributed by atoms with E-state index >= 15 is 0 Å². The van der Waals surface area contributed by atoms with E-state index in [0.29, 0.717) is 5.02 Å². The zero-order valence-corrected chi connectivity index (χ0v) is 17.6. The summed E-state index contributed by atoms with van der Waals surface area (Å²) in [7, 11) is 0. The van der Waals surface area contributed by atoms with E-state index in [1.54, 1.807) is 0 Å². The largest absolute Gasteiger partial charge is 0.480 e. The monoisotopic (exact) mass is 445 g/mol. The van der Waals surface area contributed by atoms with Crippen molar-refractivity contribution in [2.24, 2.45) is 17.8 Å². The van der Waals surface area contributed by atoms with Crippen LogP contribution in [-0.4, -0.2) is 30.6 Å². The SMILES string of the molecule is O=C(COC(=O)COc1cc(Cl)c(Cl)cc1Cl)NC12CC3CC(CC(C3)C1)C2. The number of carbonyl (C=O) groups is 2. The lowest BCUT2D eigenvalue weighted by Crippen LogP contribution is -2.60. The smallest absolute Gasteiger partial charge is 0.344 e. The molecule has 4 aliphatic rings. The van der Waals surface area contributed by atoms with Gasteiger partial charge >= 0.3 is 5.97 Å². The molecule has 1 aromatic rings. The van der Waals surface area contributed by atoms with Gasteiger partial charge in [-0.15, -0.1) is 0 Å². The maximum atomic E-state index is 12.4. The molecule has 0 spiro atoms.